The van der Waals surface area contributed by atoms with Gasteiger partial charge in [-0.15, -0.1) is 0 Å². The van der Waals surface area contributed by atoms with E-state index in [-0.39, 0.29) is 6.61 Å². The van der Waals surface area contributed by atoms with Crippen LogP contribution >= 0.6 is 0 Å². The number of aldehydes is 1. The molecule has 23 heavy (non-hydrogen) atoms. The van der Waals surface area contributed by atoms with Gasteiger partial charge in [-0.2, -0.15) is 0 Å². The molecule has 5 nitrogen and oxygen atoms in total. The predicted molar refractivity (Wildman–Crippen MR) is 85.7 cm³/mol. The zero-order valence-electron chi connectivity index (χ0n) is 12.5. The van der Waals surface area contributed by atoms with Gasteiger partial charge in [0, 0.05) is 24.7 Å². The molecule has 2 rings (SSSR count). The van der Waals surface area contributed by atoms with Crippen LogP contribution in [0.2, 0.25) is 0 Å². The Labute approximate surface area is 134 Å². The number of carbonyl (C=O) groups is 2. The molecule has 0 aliphatic rings. The highest BCUT2D eigenvalue weighted by atomic mass is 16.5. The van der Waals surface area contributed by atoms with Gasteiger partial charge in [-0.1, -0.05) is 36.3 Å². The fourth-order valence-corrected chi connectivity index (χ4v) is 1.74. The summed E-state index contributed by atoms with van der Waals surface area (Å²) >= 11 is 0. The van der Waals surface area contributed by atoms with E-state index in [1.54, 1.807) is 12.1 Å². The molecule has 1 N–H and O–H groups in total. The van der Waals surface area contributed by atoms with Crippen LogP contribution in [0.25, 0.3) is 0 Å². The van der Waals surface area contributed by atoms with Gasteiger partial charge in [-0.3, -0.25) is 4.79 Å². The normalized spacial score (nSPS) is 9.39. The lowest BCUT2D eigenvalue weighted by Gasteiger charge is -2.05. The molecular formula is C18H16N2O3. The van der Waals surface area contributed by atoms with E-state index >= 15 is 0 Å². The molecule has 1 aromatic heterocycles. The van der Waals surface area contributed by atoms with E-state index in [9.17, 15) is 9.59 Å². The number of pyridine rings is 1. The second-order valence-electron chi connectivity index (χ2n) is 4.63. The van der Waals surface area contributed by atoms with Crippen molar-refractivity contribution in [2.75, 3.05) is 6.54 Å². The van der Waals surface area contributed by atoms with Crippen molar-refractivity contribution in [2.24, 2.45) is 0 Å². The molecule has 116 valence electrons. The molecule has 0 aliphatic heterocycles. The highest BCUT2D eigenvalue weighted by molar-refractivity contribution is 5.74. The van der Waals surface area contributed by atoms with E-state index in [0.717, 1.165) is 11.8 Å². The highest BCUT2D eigenvalue weighted by Gasteiger charge is 2.00. The molecular weight excluding hydrogens is 292 g/mol. The monoisotopic (exact) mass is 308 g/mol. The van der Waals surface area contributed by atoms with Gasteiger partial charge in [0.1, 0.15) is 18.6 Å². The maximum atomic E-state index is 11.5. The minimum Gasteiger partial charge on any atom is -0.445 e. The number of rotatable bonds is 5. The van der Waals surface area contributed by atoms with Crippen LogP contribution in [-0.4, -0.2) is 23.9 Å². The maximum absolute atomic E-state index is 11.5. The Morgan fingerprint density at radius 1 is 1.26 bits per heavy atom. The summed E-state index contributed by atoms with van der Waals surface area (Å²) in [6.07, 6.45) is 2.27. The molecule has 0 saturated carbocycles. The molecule has 5 heteroatoms. The van der Waals surface area contributed by atoms with Crippen molar-refractivity contribution < 1.29 is 14.3 Å². The first kappa shape index (κ1) is 16.2. The number of nitrogens with one attached hydrogen (secondary N) is 1. The molecule has 0 radical (unpaired) electrons. The third-order valence-corrected chi connectivity index (χ3v) is 2.87. The van der Waals surface area contributed by atoms with Crippen molar-refractivity contribution in [3.63, 3.8) is 0 Å². The van der Waals surface area contributed by atoms with Crippen LogP contribution in [0, 0.1) is 11.8 Å². The quantitative estimate of drug-likeness (QED) is 0.523. The van der Waals surface area contributed by atoms with Crippen molar-refractivity contribution >= 4 is 12.4 Å². The Morgan fingerprint density at radius 3 is 2.87 bits per heavy atom. The lowest BCUT2D eigenvalue weighted by molar-refractivity contribution is 0.112. The molecule has 2 aromatic rings. The summed E-state index contributed by atoms with van der Waals surface area (Å²) < 4.78 is 5.07. The molecule has 0 aliphatic carbocycles. The fraction of sp³-hybridized carbons (Fsp3) is 0.167. The Kier molecular flexibility index (Phi) is 6.36. The van der Waals surface area contributed by atoms with Gasteiger partial charge in [-0.05, 0) is 23.6 Å². The van der Waals surface area contributed by atoms with Crippen LogP contribution in [0.15, 0.2) is 48.7 Å². The average Bonchev–Trinajstić information content (AvgIpc) is 2.61. The van der Waals surface area contributed by atoms with Gasteiger partial charge in [0.15, 0.2) is 0 Å². The number of ether oxygens (including phenoxy) is 1. The molecule has 0 spiro atoms. The lowest BCUT2D eigenvalue weighted by Crippen LogP contribution is -2.24. The first-order valence-electron chi connectivity index (χ1n) is 7.12. The molecule has 1 amide bonds. The van der Waals surface area contributed by atoms with E-state index in [0.29, 0.717) is 24.2 Å². The van der Waals surface area contributed by atoms with Gasteiger partial charge < -0.3 is 10.1 Å². The summed E-state index contributed by atoms with van der Waals surface area (Å²) in [5.41, 5.74) is 2.00. The molecule has 1 heterocycles. The third kappa shape index (κ3) is 6.02. The Balaban J connectivity index is 1.68. The van der Waals surface area contributed by atoms with Gasteiger partial charge in [0.2, 0.25) is 0 Å². The first-order valence-corrected chi connectivity index (χ1v) is 7.12. The van der Waals surface area contributed by atoms with E-state index in [2.05, 4.69) is 22.1 Å². The van der Waals surface area contributed by atoms with Gasteiger partial charge >= 0.3 is 6.09 Å². The second-order valence-corrected chi connectivity index (χ2v) is 4.63. The molecule has 0 unspecified atom stereocenters. The number of nitrogens with zero attached hydrogens (tertiary/aromatic N) is 1. The summed E-state index contributed by atoms with van der Waals surface area (Å²) in [5, 5.41) is 2.62. The maximum Gasteiger partial charge on any atom is 0.407 e. The van der Waals surface area contributed by atoms with Gasteiger partial charge in [0.25, 0.3) is 0 Å². The van der Waals surface area contributed by atoms with Crippen molar-refractivity contribution in [2.45, 2.75) is 13.0 Å². The van der Waals surface area contributed by atoms with E-state index in [1.807, 2.05) is 30.3 Å². The second kappa shape index (κ2) is 9.00. The van der Waals surface area contributed by atoms with Gasteiger partial charge in [0.05, 0.1) is 0 Å². The fourth-order valence-electron chi connectivity index (χ4n) is 1.74. The molecule has 0 atom stereocenters. The number of carbonyl (C=O) groups excluding carboxylic acids is 2. The van der Waals surface area contributed by atoms with Crippen LogP contribution in [0.1, 0.15) is 28.0 Å². The summed E-state index contributed by atoms with van der Waals surface area (Å²) in [5.74, 6) is 5.72. The number of benzene rings is 1. The summed E-state index contributed by atoms with van der Waals surface area (Å²) in [6.45, 7) is 0.620. The summed E-state index contributed by atoms with van der Waals surface area (Å²) in [4.78, 5) is 26.2. The number of aromatic nitrogens is 1. The summed E-state index contributed by atoms with van der Waals surface area (Å²) in [7, 11) is 0. The minimum atomic E-state index is -0.475. The van der Waals surface area contributed by atoms with Crippen molar-refractivity contribution in [1.82, 2.24) is 10.3 Å². The van der Waals surface area contributed by atoms with Crippen LogP contribution in [0.3, 0.4) is 0 Å². The van der Waals surface area contributed by atoms with Crippen LogP contribution < -0.4 is 5.32 Å². The Hall–Kier alpha value is -3.13. The topological polar surface area (TPSA) is 68.3 Å². The zero-order valence-corrected chi connectivity index (χ0v) is 12.5. The van der Waals surface area contributed by atoms with Crippen molar-refractivity contribution in [3.05, 3.63) is 65.5 Å². The largest absolute Gasteiger partial charge is 0.445 e. The summed E-state index contributed by atoms with van der Waals surface area (Å²) in [6, 6.07) is 12.7. The van der Waals surface area contributed by atoms with Crippen molar-refractivity contribution in [3.8, 4) is 11.8 Å². The SMILES string of the molecule is O=Cc1ccnc(C#CCCNC(=O)OCc2ccccc2)c1. The standard InChI is InChI=1S/C18H16N2O3/c21-13-16-9-11-19-17(12-16)8-4-5-10-20-18(22)23-14-15-6-2-1-3-7-15/h1-3,6-7,9,11-13H,5,10,14H2,(H,20,22). The van der Waals surface area contributed by atoms with E-state index in [1.165, 1.54) is 6.20 Å². The molecule has 0 fully saturated rings. The van der Waals surface area contributed by atoms with Crippen LogP contribution in [-0.2, 0) is 11.3 Å². The molecule has 0 saturated heterocycles. The number of hydrogen-bond donors (Lipinski definition) is 1. The zero-order chi connectivity index (χ0) is 16.3. The smallest absolute Gasteiger partial charge is 0.407 e. The molecule has 1 aromatic carbocycles. The minimum absolute atomic E-state index is 0.237. The van der Waals surface area contributed by atoms with E-state index in [4.69, 9.17) is 4.74 Å². The number of alkyl carbamates (subject to hydrolysis) is 1. The van der Waals surface area contributed by atoms with Crippen molar-refractivity contribution in [1.29, 1.82) is 0 Å². The number of hydrogen-bond acceptors (Lipinski definition) is 4. The van der Waals surface area contributed by atoms with Crippen LogP contribution in [0.5, 0.6) is 0 Å². The Morgan fingerprint density at radius 2 is 2.09 bits per heavy atom. The van der Waals surface area contributed by atoms with E-state index < -0.39 is 6.09 Å². The highest BCUT2D eigenvalue weighted by Crippen LogP contribution is 2.00. The third-order valence-electron chi connectivity index (χ3n) is 2.87. The number of amides is 1. The average molecular weight is 308 g/mol. The van der Waals surface area contributed by atoms with Crippen LogP contribution in [0.4, 0.5) is 4.79 Å². The molecule has 0 bridgehead atoms. The van der Waals surface area contributed by atoms with Gasteiger partial charge in [-0.25, -0.2) is 9.78 Å². The Bertz CT molecular complexity index is 718. The first-order chi connectivity index (χ1) is 11.3. The lowest BCUT2D eigenvalue weighted by atomic mass is 10.2. The predicted octanol–water partition coefficient (Wildman–Crippen LogP) is 2.56.